The van der Waals surface area contributed by atoms with Gasteiger partial charge in [-0.3, -0.25) is 9.59 Å². The summed E-state index contributed by atoms with van der Waals surface area (Å²) in [5.41, 5.74) is 0. The number of amides is 2. The molecular weight excluding hydrogens is 464 g/mol. The number of carbonyl (C=O) groups is 2. The van der Waals surface area contributed by atoms with Crippen molar-refractivity contribution in [1.29, 1.82) is 0 Å². The van der Waals surface area contributed by atoms with Gasteiger partial charge in [0.1, 0.15) is 0 Å². The average molecular weight is 521 g/mol. The van der Waals surface area contributed by atoms with Crippen LogP contribution in [0.15, 0.2) is 24.3 Å². The second kappa shape index (κ2) is 24.7. The van der Waals surface area contributed by atoms with Crippen LogP contribution in [-0.4, -0.2) is 47.3 Å². The van der Waals surface area contributed by atoms with Crippen LogP contribution < -0.4 is 10.6 Å². The van der Waals surface area contributed by atoms with E-state index in [1.807, 2.05) is 12.2 Å². The van der Waals surface area contributed by atoms with Crippen molar-refractivity contribution in [3.05, 3.63) is 24.3 Å². The third-order valence-electron chi connectivity index (χ3n) is 7.04. The van der Waals surface area contributed by atoms with Gasteiger partial charge in [-0.25, -0.2) is 0 Å². The van der Waals surface area contributed by atoms with Crippen LogP contribution in [0.5, 0.6) is 0 Å². The van der Waals surface area contributed by atoms with Gasteiger partial charge in [-0.05, 0) is 57.1 Å². The Balaban J connectivity index is 1.91. The van der Waals surface area contributed by atoms with Crippen LogP contribution in [0.2, 0.25) is 0 Å². The van der Waals surface area contributed by atoms with Crippen LogP contribution in [-0.2, 0) is 9.59 Å². The number of allylic oxidation sites excluding steroid dienone is 2. The molecule has 4 N–H and O–H groups in total. The molecular formula is C31H56N2O4. The van der Waals surface area contributed by atoms with Gasteiger partial charge in [0.15, 0.2) is 0 Å². The van der Waals surface area contributed by atoms with Crippen molar-refractivity contribution in [1.82, 2.24) is 10.6 Å². The van der Waals surface area contributed by atoms with E-state index in [0.29, 0.717) is 13.2 Å². The highest BCUT2D eigenvalue weighted by atomic mass is 16.3. The maximum atomic E-state index is 12.1. The third-order valence-corrected chi connectivity index (χ3v) is 7.04. The topological polar surface area (TPSA) is 98.7 Å². The fourth-order valence-electron chi connectivity index (χ4n) is 4.58. The normalized spacial score (nSPS) is 17.0. The molecule has 0 spiro atoms. The molecule has 6 nitrogen and oxygen atoms in total. The van der Waals surface area contributed by atoms with E-state index in [-0.39, 0.29) is 23.9 Å². The van der Waals surface area contributed by atoms with Gasteiger partial charge in [-0.2, -0.15) is 0 Å². The molecule has 1 saturated carbocycles. The van der Waals surface area contributed by atoms with E-state index in [0.717, 1.165) is 57.8 Å². The zero-order valence-corrected chi connectivity index (χ0v) is 23.4. The molecule has 0 aromatic rings. The predicted octanol–water partition coefficient (Wildman–Crippen LogP) is 6.26. The summed E-state index contributed by atoms with van der Waals surface area (Å²) in [5.74, 6) is -0.129. The van der Waals surface area contributed by atoms with Crippen LogP contribution >= 0.6 is 0 Å². The molecule has 1 aliphatic rings. The van der Waals surface area contributed by atoms with Gasteiger partial charge in [-0.1, -0.05) is 102 Å². The Labute approximate surface area is 226 Å². The first kappa shape index (κ1) is 33.4. The summed E-state index contributed by atoms with van der Waals surface area (Å²) in [6.45, 7) is 0.632. The first-order chi connectivity index (χ1) is 18.2. The van der Waals surface area contributed by atoms with E-state index >= 15 is 0 Å². The number of nitrogens with one attached hydrogen (secondary N) is 2. The van der Waals surface area contributed by atoms with Gasteiger partial charge >= 0.3 is 0 Å². The minimum atomic E-state index is -0.0645. The molecule has 6 heteroatoms. The van der Waals surface area contributed by atoms with Gasteiger partial charge in [0.25, 0.3) is 0 Å². The monoisotopic (exact) mass is 520 g/mol. The van der Waals surface area contributed by atoms with Gasteiger partial charge in [-0.15, -0.1) is 0 Å². The number of hydrogen-bond donors (Lipinski definition) is 4. The van der Waals surface area contributed by atoms with Crippen LogP contribution in [0.3, 0.4) is 0 Å². The van der Waals surface area contributed by atoms with Gasteiger partial charge in [0.05, 0.1) is 12.1 Å². The quantitative estimate of drug-likeness (QED) is 0.0799. The lowest BCUT2D eigenvalue weighted by atomic mass is 10.1. The minimum Gasteiger partial charge on any atom is -0.396 e. The Bertz CT molecular complexity index is 568. The number of rotatable bonds is 26. The first-order valence-corrected chi connectivity index (χ1v) is 15.3. The molecule has 2 amide bonds. The summed E-state index contributed by atoms with van der Waals surface area (Å²) >= 11 is 0. The number of unbranched alkanes of at least 4 members (excludes halogenated alkanes) is 18. The predicted molar refractivity (Wildman–Crippen MR) is 153 cm³/mol. The molecule has 0 heterocycles. The number of hydrogen-bond acceptors (Lipinski definition) is 4. The molecule has 2 atom stereocenters. The summed E-state index contributed by atoms with van der Waals surface area (Å²) in [4.78, 5) is 24.1. The van der Waals surface area contributed by atoms with Gasteiger partial charge in [0, 0.05) is 13.2 Å². The van der Waals surface area contributed by atoms with E-state index in [1.54, 1.807) is 12.2 Å². The highest BCUT2D eigenvalue weighted by molar-refractivity contribution is 5.89. The van der Waals surface area contributed by atoms with Crippen molar-refractivity contribution in [3.63, 3.8) is 0 Å². The highest BCUT2D eigenvalue weighted by Crippen LogP contribution is 2.21. The lowest BCUT2D eigenvalue weighted by Gasteiger charge is -2.03. The van der Waals surface area contributed by atoms with Crippen LogP contribution in [0.25, 0.3) is 0 Å². The zero-order valence-electron chi connectivity index (χ0n) is 23.4. The van der Waals surface area contributed by atoms with E-state index in [9.17, 15) is 9.59 Å². The number of aliphatic hydroxyl groups excluding tert-OH is 2. The average Bonchev–Trinajstić information content (AvgIpc) is 3.61. The van der Waals surface area contributed by atoms with Crippen molar-refractivity contribution in [2.24, 2.45) is 0 Å². The maximum Gasteiger partial charge on any atom is 0.243 e. The van der Waals surface area contributed by atoms with E-state index in [1.165, 1.54) is 77.0 Å². The molecule has 37 heavy (non-hydrogen) atoms. The Hall–Kier alpha value is -1.66. The third kappa shape index (κ3) is 22.1. The fraction of sp³-hybridized carbons (Fsp3) is 0.806. The van der Waals surface area contributed by atoms with Crippen LogP contribution in [0, 0.1) is 0 Å². The van der Waals surface area contributed by atoms with Gasteiger partial charge in [0.2, 0.25) is 11.8 Å². The molecule has 0 bridgehead atoms. The molecule has 214 valence electrons. The number of aliphatic hydroxyl groups is 2. The smallest absolute Gasteiger partial charge is 0.243 e. The standard InChI is InChI=1S/C31H56N2O4/c34-25-21-17-13-9-5-1-3-7-11-15-19-23-30(36)32-28-27-29(28)33-31(37)24-20-16-12-8-4-2-6-10-14-18-22-26-35/h19-20,23-24,28-29,34-35H,1-18,21-22,25-27H2,(H,32,36)(H,33,37)/t28-,29+. The summed E-state index contributed by atoms with van der Waals surface area (Å²) in [7, 11) is 0. The van der Waals surface area contributed by atoms with E-state index < -0.39 is 0 Å². The van der Waals surface area contributed by atoms with Crippen molar-refractivity contribution >= 4 is 11.8 Å². The molecule has 0 radical (unpaired) electrons. The van der Waals surface area contributed by atoms with E-state index in [4.69, 9.17) is 10.2 Å². The molecule has 1 rings (SSSR count). The Morgan fingerprint density at radius 2 is 0.811 bits per heavy atom. The minimum absolute atomic E-state index is 0.0514. The first-order valence-electron chi connectivity index (χ1n) is 15.3. The Morgan fingerprint density at radius 1 is 0.514 bits per heavy atom. The molecule has 0 aliphatic heterocycles. The van der Waals surface area contributed by atoms with Crippen molar-refractivity contribution in [2.75, 3.05) is 13.2 Å². The summed E-state index contributed by atoms with van der Waals surface area (Å²) < 4.78 is 0. The summed E-state index contributed by atoms with van der Waals surface area (Å²) in [6.07, 6.45) is 31.3. The largest absolute Gasteiger partial charge is 0.396 e. The SMILES string of the molecule is O=C(C=CCCCCCCCCCCCO)N[C@H]1C[C@H]1NC(=O)C=CCCCCCCCCCCCO. The second-order valence-corrected chi connectivity index (χ2v) is 10.7. The number of carbonyl (C=O) groups excluding carboxylic acids is 2. The molecule has 0 aromatic heterocycles. The molecule has 0 saturated heterocycles. The highest BCUT2D eigenvalue weighted by Gasteiger charge is 2.38. The Kier molecular flexibility index (Phi) is 22.2. The lowest BCUT2D eigenvalue weighted by molar-refractivity contribution is -0.118. The van der Waals surface area contributed by atoms with Crippen molar-refractivity contribution < 1.29 is 19.8 Å². The van der Waals surface area contributed by atoms with Crippen LogP contribution in [0.1, 0.15) is 135 Å². The fourth-order valence-corrected chi connectivity index (χ4v) is 4.58. The zero-order chi connectivity index (χ0) is 26.8. The second-order valence-electron chi connectivity index (χ2n) is 10.7. The maximum absolute atomic E-state index is 12.1. The van der Waals surface area contributed by atoms with Crippen LogP contribution in [0.4, 0.5) is 0 Å². The Morgan fingerprint density at radius 3 is 1.14 bits per heavy atom. The van der Waals surface area contributed by atoms with Crippen molar-refractivity contribution in [2.45, 2.75) is 147 Å². The molecule has 1 fully saturated rings. The van der Waals surface area contributed by atoms with E-state index in [2.05, 4.69) is 10.6 Å². The van der Waals surface area contributed by atoms with Crippen molar-refractivity contribution in [3.8, 4) is 0 Å². The summed E-state index contributed by atoms with van der Waals surface area (Å²) in [6, 6.07) is 0.103. The summed E-state index contributed by atoms with van der Waals surface area (Å²) in [5, 5.41) is 23.5. The molecule has 1 aliphatic carbocycles. The molecule has 0 unspecified atom stereocenters. The molecule has 0 aromatic carbocycles. The van der Waals surface area contributed by atoms with Gasteiger partial charge < -0.3 is 20.8 Å². The lowest BCUT2D eigenvalue weighted by Crippen LogP contribution is -2.33.